The van der Waals surface area contributed by atoms with Crippen LogP contribution in [0.25, 0.3) is 0 Å². The molecule has 6 heteroatoms. The summed E-state index contributed by atoms with van der Waals surface area (Å²) < 4.78 is 11.2. The Hall–Kier alpha value is -1.14. The van der Waals surface area contributed by atoms with Crippen LogP contribution in [0.1, 0.15) is 58.8 Å². The van der Waals surface area contributed by atoms with E-state index in [1.54, 1.807) is 0 Å². The Morgan fingerprint density at radius 1 is 0.783 bits per heavy atom. The maximum absolute atomic E-state index is 12.0. The summed E-state index contributed by atoms with van der Waals surface area (Å²) in [5.41, 5.74) is -0.350. The Labute approximate surface area is 136 Å². The highest BCUT2D eigenvalue weighted by atomic mass is 16.5. The third-order valence-electron chi connectivity index (χ3n) is 5.85. The molecule has 128 valence electrons. The van der Waals surface area contributed by atoms with Gasteiger partial charge in [-0.2, -0.15) is 0 Å². The largest absolute Gasteiger partial charge is 0.365 e. The number of carbonyl (C=O) groups excluding carboxylic acids is 2. The molecule has 0 aromatic carbocycles. The van der Waals surface area contributed by atoms with Crippen molar-refractivity contribution in [3.63, 3.8) is 0 Å². The van der Waals surface area contributed by atoms with Crippen LogP contribution in [0.4, 0.5) is 0 Å². The van der Waals surface area contributed by atoms with Gasteiger partial charge in [-0.05, 0) is 58.8 Å². The van der Waals surface area contributed by atoms with Crippen LogP contribution in [-0.2, 0) is 19.1 Å². The lowest BCUT2D eigenvalue weighted by atomic mass is 9.44. The van der Waals surface area contributed by atoms with Gasteiger partial charge in [-0.25, -0.2) is 0 Å². The fraction of sp³-hybridized carbons (Fsp3) is 0.882. The van der Waals surface area contributed by atoms with E-state index in [0.717, 1.165) is 44.9 Å². The molecule has 5 aliphatic carbocycles. The van der Waals surface area contributed by atoms with E-state index in [1.165, 1.54) is 0 Å². The fourth-order valence-electron chi connectivity index (χ4n) is 3.84. The molecule has 5 rings (SSSR count). The lowest BCUT2D eigenvalue weighted by Gasteiger charge is -2.70. The topological polar surface area (TPSA) is 76.7 Å². The Kier molecular flexibility index (Phi) is 3.14. The van der Waals surface area contributed by atoms with Crippen LogP contribution in [0.2, 0.25) is 0 Å². The molecule has 0 aromatic heterocycles. The number of nitrogens with one attached hydrogen (secondary N) is 2. The first-order valence-corrected chi connectivity index (χ1v) is 8.64. The van der Waals surface area contributed by atoms with Gasteiger partial charge in [-0.15, -0.1) is 0 Å². The summed E-state index contributed by atoms with van der Waals surface area (Å²) in [5, 5.41) is 6.15. The molecule has 5 saturated carbocycles. The van der Waals surface area contributed by atoms with Crippen LogP contribution in [0, 0.1) is 0 Å². The van der Waals surface area contributed by atoms with E-state index in [1.807, 2.05) is 13.8 Å². The minimum Gasteiger partial charge on any atom is -0.365 e. The minimum atomic E-state index is -0.110. The average Bonchev–Trinajstić information content (AvgIpc) is 3.32. The maximum atomic E-state index is 12.0. The Bertz CT molecular complexity index is 485. The van der Waals surface area contributed by atoms with Crippen LogP contribution in [0.5, 0.6) is 0 Å². The van der Waals surface area contributed by atoms with E-state index in [-0.39, 0.29) is 47.3 Å². The second-order valence-electron chi connectivity index (χ2n) is 8.66. The van der Waals surface area contributed by atoms with Gasteiger partial charge in [-0.3, -0.25) is 9.59 Å². The van der Waals surface area contributed by atoms with E-state index < -0.39 is 0 Å². The highest BCUT2D eigenvalue weighted by Gasteiger charge is 2.69. The normalized spacial score (nSPS) is 37.1. The summed E-state index contributed by atoms with van der Waals surface area (Å²) in [6.45, 7) is 4.36. The van der Waals surface area contributed by atoms with Crippen molar-refractivity contribution in [3.05, 3.63) is 0 Å². The Morgan fingerprint density at radius 2 is 1.13 bits per heavy atom. The first-order valence-electron chi connectivity index (χ1n) is 8.64. The predicted octanol–water partition coefficient (Wildman–Crippen LogP) is 1.03. The minimum absolute atomic E-state index is 0.0391. The summed E-state index contributed by atoms with van der Waals surface area (Å²) >= 11 is 0. The van der Waals surface area contributed by atoms with Crippen molar-refractivity contribution < 1.29 is 19.1 Å². The van der Waals surface area contributed by atoms with Crippen LogP contribution in [-0.4, -0.2) is 47.3 Å². The molecule has 0 atom stereocenters. The van der Waals surface area contributed by atoms with E-state index in [2.05, 4.69) is 10.6 Å². The zero-order valence-corrected chi connectivity index (χ0v) is 14.0. The van der Waals surface area contributed by atoms with E-state index in [9.17, 15) is 9.59 Å². The lowest BCUT2D eigenvalue weighted by Crippen LogP contribution is -2.84. The predicted molar refractivity (Wildman–Crippen MR) is 82.8 cm³/mol. The molecule has 0 heterocycles. The quantitative estimate of drug-likeness (QED) is 0.700. The molecule has 0 spiro atoms. The zero-order valence-electron chi connectivity index (χ0n) is 14.0. The van der Waals surface area contributed by atoms with Crippen molar-refractivity contribution in [2.24, 2.45) is 0 Å². The maximum Gasteiger partial charge on any atom is 0.246 e. The number of hydrogen-bond donors (Lipinski definition) is 2. The number of hydrogen-bond acceptors (Lipinski definition) is 4. The molecule has 5 aliphatic rings. The molecule has 2 bridgehead atoms. The molecule has 0 aromatic rings. The average molecular weight is 322 g/mol. The Balaban J connectivity index is 1.15. The van der Waals surface area contributed by atoms with Crippen LogP contribution >= 0.6 is 0 Å². The van der Waals surface area contributed by atoms with Gasteiger partial charge >= 0.3 is 0 Å². The highest BCUT2D eigenvalue weighted by molar-refractivity contribution is 5.81. The van der Waals surface area contributed by atoms with Crippen LogP contribution in [0.3, 0.4) is 0 Å². The van der Waals surface area contributed by atoms with E-state index in [4.69, 9.17) is 9.47 Å². The molecule has 0 unspecified atom stereocenters. The summed E-state index contributed by atoms with van der Waals surface area (Å²) in [7, 11) is 0. The summed E-state index contributed by atoms with van der Waals surface area (Å²) in [4.78, 5) is 23.9. The van der Waals surface area contributed by atoms with Crippen LogP contribution < -0.4 is 10.6 Å². The molecule has 2 amide bonds. The second-order valence-corrected chi connectivity index (χ2v) is 8.66. The highest BCUT2D eigenvalue weighted by Crippen LogP contribution is 2.60. The lowest BCUT2D eigenvalue weighted by molar-refractivity contribution is -0.155. The summed E-state index contributed by atoms with van der Waals surface area (Å²) in [5.74, 6) is -0.0783. The molecule has 0 saturated heterocycles. The summed E-state index contributed by atoms with van der Waals surface area (Å²) in [6.07, 6.45) is 6.65. The van der Waals surface area contributed by atoms with Crippen molar-refractivity contribution in [1.82, 2.24) is 10.6 Å². The van der Waals surface area contributed by atoms with Crippen molar-refractivity contribution in [1.29, 1.82) is 0 Å². The third-order valence-corrected chi connectivity index (χ3v) is 5.85. The summed E-state index contributed by atoms with van der Waals surface area (Å²) in [6, 6.07) is 0. The van der Waals surface area contributed by atoms with Crippen molar-refractivity contribution in [3.8, 4) is 0 Å². The van der Waals surface area contributed by atoms with Crippen molar-refractivity contribution in [2.45, 2.75) is 81.1 Å². The van der Waals surface area contributed by atoms with Gasteiger partial charge < -0.3 is 20.1 Å². The van der Waals surface area contributed by atoms with E-state index in [0.29, 0.717) is 0 Å². The molecule has 0 radical (unpaired) electrons. The standard InChI is InChI=1S/C17H26N2O4/c1-14(3-4-14)22-7-12(20)18-16-9-17(10-16,11-16)19-13(21)8-23-15(2)5-6-15/h3-11H2,1-2H3,(H,18,20)(H,19,21). The van der Waals surface area contributed by atoms with Gasteiger partial charge in [0.15, 0.2) is 0 Å². The molecule has 5 fully saturated rings. The Morgan fingerprint density at radius 3 is 1.43 bits per heavy atom. The smallest absolute Gasteiger partial charge is 0.246 e. The van der Waals surface area contributed by atoms with Gasteiger partial charge in [0.1, 0.15) is 13.2 Å². The van der Waals surface area contributed by atoms with Gasteiger partial charge in [0.2, 0.25) is 11.8 Å². The molecule has 2 N–H and O–H groups in total. The number of rotatable bonds is 8. The van der Waals surface area contributed by atoms with Gasteiger partial charge in [-0.1, -0.05) is 0 Å². The zero-order chi connectivity index (χ0) is 16.3. The van der Waals surface area contributed by atoms with Gasteiger partial charge in [0.05, 0.1) is 11.2 Å². The van der Waals surface area contributed by atoms with E-state index >= 15 is 0 Å². The third kappa shape index (κ3) is 3.11. The SMILES string of the molecule is CC1(OCC(=O)NC23CC(NC(=O)COC4(C)CC4)(C2)C3)CC1. The number of ether oxygens (including phenoxy) is 2. The van der Waals surface area contributed by atoms with Crippen molar-refractivity contribution in [2.75, 3.05) is 13.2 Å². The van der Waals surface area contributed by atoms with Crippen molar-refractivity contribution >= 4 is 11.8 Å². The monoisotopic (exact) mass is 322 g/mol. The second kappa shape index (κ2) is 4.70. The number of amides is 2. The van der Waals surface area contributed by atoms with Gasteiger partial charge in [0, 0.05) is 11.1 Å². The first kappa shape index (κ1) is 15.4. The fourth-order valence-corrected chi connectivity index (χ4v) is 3.84. The number of carbonyl (C=O) groups is 2. The first-order chi connectivity index (χ1) is 10.7. The molecular formula is C17H26N2O4. The molecule has 23 heavy (non-hydrogen) atoms. The van der Waals surface area contributed by atoms with Gasteiger partial charge in [0.25, 0.3) is 0 Å². The molecule has 6 nitrogen and oxygen atoms in total. The van der Waals surface area contributed by atoms with Crippen LogP contribution in [0.15, 0.2) is 0 Å². The molecular weight excluding hydrogens is 296 g/mol. The molecule has 0 aliphatic heterocycles.